The van der Waals surface area contributed by atoms with Gasteiger partial charge in [-0.1, -0.05) is 6.07 Å². The summed E-state index contributed by atoms with van der Waals surface area (Å²) in [7, 11) is 0. The fraction of sp³-hybridized carbons (Fsp3) is 0.500. The molecule has 1 aromatic rings. The molecule has 1 heterocycles. The SMILES string of the molecule is Cc1ccc([N+](=O)[O-])cc1N[C@@H]1OC[C@H](O)C(O)C1O. The lowest BCUT2D eigenvalue weighted by atomic mass is 10.0. The maximum absolute atomic E-state index is 10.7. The van der Waals surface area contributed by atoms with E-state index in [0.717, 1.165) is 5.56 Å². The van der Waals surface area contributed by atoms with Crippen molar-refractivity contribution < 1.29 is 25.0 Å². The molecule has 1 aliphatic heterocycles. The van der Waals surface area contributed by atoms with Gasteiger partial charge in [0.15, 0.2) is 6.23 Å². The van der Waals surface area contributed by atoms with Crippen LogP contribution in [0.2, 0.25) is 0 Å². The zero-order valence-corrected chi connectivity index (χ0v) is 10.8. The van der Waals surface area contributed by atoms with Crippen molar-refractivity contribution in [3.63, 3.8) is 0 Å². The van der Waals surface area contributed by atoms with Crippen molar-refractivity contribution >= 4 is 11.4 Å². The van der Waals surface area contributed by atoms with Crippen LogP contribution in [0.1, 0.15) is 5.56 Å². The third-order valence-electron chi connectivity index (χ3n) is 3.23. The van der Waals surface area contributed by atoms with Gasteiger partial charge in [0.05, 0.1) is 11.5 Å². The predicted octanol–water partition coefficient (Wildman–Crippen LogP) is -0.246. The van der Waals surface area contributed by atoms with Crippen LogP contribution in [0.3, 0.4) is 0 Å². The molecule has 0 aliphatic carbocycles. The normalized spacial score (nSPS) is 30.0. The highest BCUT2D eigenvalue weighted by Crippen LogP contribution is 2.25. The standard InChI is InChI=1S/C12H16N2O6/c1-6-2-3-7(14(18)19)4-8(6)13-12-11(17)10(16)9(15)5-20-12/h2-4,9-13,15-17H,5H2,1H3/t9-,10?,11?,12+/m0/s1. The first-order valence-corrected chi connectivity index (χ1v) is 6.07. The molecule has 0 radical (unpaired) electrons. The molecule has 4 N–H and O–H groups in total. The van der Waals surface area contributed by atoms with E-state index in [4.69, 9.17) is 4.74 Å². The van der Waals surface area contributed by atoms with E-state index >= 15 is 0 Å². The molecule has 0 spiro atoms. The van der Waals surface area contributed by atoms with Crippen LogP contribution in [0.25, 0.3) is 0 Å². The van der Waals surface area contributed by atoms with E-state index in [1.165, 1.54) is 12.1 Å². The number of benzene rings is 1. The summed E-state index contributed by atoms with van der Waals surface area (Å²) >= 11 is 0. The van der Waals surface area contributed by atoms with Gasteiger partial charge in [-0.2, -0.15) is 0 Å². The first kappa shape index (κ1) is 14.7. The molecule has 1 fully saturated rings. The zero-order valence-electron chi connectivity index (χ0n) is 10.8. The second-order valence-corrected chi connectivity index (χ2v) is 4.70. The highest BCUT2D eigenvalue weighted by Gasteiger charge is 2.37. The number of rotatable bonds is 3. The minimum Gasteiger partial charge on any atom is -0.388 e. The predicted molar refractivity (Wildman–Crippen MR) is 69.2 cm³/mol. The topological polar surface area (TPSA) is 125 Å². The largest absolute Gasteiger partial charge is 0.388 e. The number of aryl methyl sites for hydroxylation is 1. The molecule has 1 saturated heterocycles. The van der Waals surface area contributed by atoms with Gasteiger partial charge >= 0.3 is 0 Å². The summed E-state index contributed by atoms with van der Waals surface area (Å²) in [6.07, 6.45) is -4.78. The Hall–Kier alpha value is -1.74. The fourth-order valence-electron chi connectivity index (χ4n) is 1.97. The van der Waals surface area contributed by atoms with Gasteiger partial charge in [-0.05, 0) is 12.5 Å². The Labute approximate surface area is 114 Å². The summed E-state index contributed by atoms with van der Waals surface area (Å²) in [5.41, 5.74) is 1.06. The van der Waals surface area contributed by atoms with Gasteiger partial charge in [0, 0.05) is 17.8 Å². The minimum atomic E-state index is -1.34. The van der Waals surface area contributed by atoms with Crippen LogP contribution < -0.4 is 5.32 Å². The second-order valence-electron chi connectivity index (χ2n) is 4.70. The van der Waals surface area contributed by atoms with E-state index < -0.39 is 29.5 Å². The van der Waals surface area contributed by atoms with Crippen LogP contribution in [0, 0.1) is 17.0 Å². The van der Waals surface area contributed by atoms with E-state index in [0.29, 0.717) is 5.69 Å². The van der Waals surface area contributed by atoms with Gasteiger partial charge in [-0.3, -0.25) is 10.1 Å². The summed E-state index contributed by atoms with van der Waals surface area (Å²) in [4.78, 5) is 10.2. The number of nitrogens with zero attached hydrogens (tertiary/aromatic N) is 1. The molecule has 1 aromatic carbocycles. The van der Waals surface area contributed by atoms with Crippen LogP contribution in [-0.2, 0) is 4.74 Å². The number of hydrogen-bond donors (Lipinski definition) is 4. The monoisotopic (exact) mass is 284 g/mol. The number of nitro groups is 1. The molecule has 0 amide bonds. The number of non-ortho nitro benzene ring substituents is 1. The number of anilines is 1. The summed E-state index contributed by atoms with van der Waals surface area (Å²) in [6, 6.07) is 4.26. The van der Waals surface area contributed by atoms with Crippen molar-refractivity contribution in [2.45, 2.75) is 31.5 Å². The molecule has 8 heteroatoms. The van der Waals surface area contributed by atoms with Gasteiger partial charge < -0.3 is 25.4 Å². The lowest BCUT2D eigenvalue weighted by Gasteiger charge is -2.36. The Balaban J connectivity index is 2.17. The lowest BCUT2D eigenvalue weighted by Crippen LogP contribution is -2.55. The average Bonchev–Trinajstić information content (AvgIpc) is 2.41. The van der Waals surface area contributed by atoms with E-state index in [-0.39, 0.29) is 12.3 Å². The Morgan fingerprint density at radius 3 is 2.70 bits per heavy atom. The molecule has 2 unspecified atom stereocenters. The number of aliphatic hydroxyl groups is 3. The van der Waals surface area contributed by atoms with Crippen LogP contribution in [0.5, 0.6) is 0 Å². The van der Waals surface area contributed by atoms with Crippen LogP contribution in [0.15, 0.2) is 18.2 Å². The summed E-state index contributed by atoms with van der Waals surface area (Å²) < 4.78 is 5.19. The smallest absolute Gasteiger partial charge is 0.271 e. The third-order valence-corrected chi connectivity index (χ3v) is 3.23. The molecular formula is C12H16N2O6. The van der Waals surface area contributed by atoms with E-state index in [2.05, 4.69) is 5.32 Å². The Morgan fingerprint density at radius 2 is 2.05 bits per heavy atom. The number of nitro benzene ring substituents is 1. The molecule has 2 rings (SSSR count). The first-order chi connectivity index (χ1) is 9.40. The van der Waals surface area contributed by atoms with Crippen LogP contribution in [0.4, 0.5) is 11.4 Å². The fourth-order valence-corrected chi connectivity index (χ4v) is 1.97. The molecule has 1 aliphatic rings. The second kappa shape index (κ2) is 5.71. The van der Waals surface area contributed by atoms with Crippen LogP contribution in [-0.4, -0.2) is 51.4 Å². The molecule has 0 aromatic heterocycles. The summed E-state index contributed by atoms with van der Waals surface area (Å²) in [5, 5.41) is 42.3. The van der Waals surface area contributed by atoms with Crippen molar-refractivity contribution in [2.75, 3.05) is 11.9 Å². The van der Waals surface area contributed by atoms with Crippen molar-refractivity contribution in [2.24, 2.45) is 0 Å². The first-order valence-electron chi connectivity index (χ1n) is 6.07. The Bertz CT molecular complexity index is 509. The van der Waals surface area contributed by atoms with E-state index in [9.17, 15) is 25.4 Å². The molecule has 0 bridgehead atoms. The highest BCUT2D eigenvalue weighted by molar-refractivity contribution is 5.57. The Morgan fingerprint density at radius 1 is 1.35 bits per heavy atom. The summed E-state index contributed by atoms with van der Waals surface area (Å²) in [6.45, 7) is 1.61. The number of aliphatic hydroxyl groups excluding tert-OH is 3. The average molecular weight is 284 g/mol. The molecule has 110 valence electrons. The molecule has 0 saturated carbocycles. The van der Waals surface area contributed by atoms with Crippen molar-refractivity contribution in [3.05, 3.63) is 33.9 Å². The number of hydrogen-bond acceptors (Lipinski definition) is 7. The van der Waals surface area contributed by atoms with Crippen molar-refractivity contribution in [1.82, 2.24) is 0 Å². The quantitative estimate of drug-likeness (QED) is 0.445. The zero-order chi connectivity index (χ0) is 14.9. The van der Waals surface area contributed by atoms with Crippen molar-refractivity contribution in [3.8, 4) is 0 Å². The van der Waals surface area contributed by atoms with E-state index in [1.807, 2.05) is 0 Å². The van der Waals surface area contributed by atoms with Gasteiger partial charge in [0.1, 0.15) is 18.3 Å². The van der Waals surface area contributed by atoms with Gasteiger partial charge in [0.2, 0.25) is 0 Å². The molecular weight excluding hydrogens is 268 g/mol. The number of nitrogens with one attached hydrogen (secondary N) is 1. The number of ether oxygens (including phenoxy) is 1. The van der Waals surface area contributed by atoms with E-state index in [1.54, 1.807) is 13.0 Å². The van der Waals surface area contributed by atoms with Gasteiger partial charge in [-0.25, -0.2) is 0 Å². The minimum absolute atomic E-state index is 0.0935. The third kappa shape index (κ3) is 2.88. The molecule has 8 nitrogen and oxygen atoms in total. The van der Waals surface area contributed by atoms with Gasteiger partial charge in [0.25, 0.3) is 5.69 Å². The molecule has 20 heavy (non-hydrogen) atoms. The highest BCUT2D eigenvalue weighted by atomic mass is 16.6. The van der Waals surface area contributed by atoms with Gasteiger partial charge in [-0.15, -0.1) is 0 Å². The molecule has 4 atom stereocenters. The van der Waals surface area contributed by atoms with Crippen molar-refractivity contribution in [1.29, 1.82) is 0 Å². The lowest BCUT2D eigenvalue weighted by molar-refractivity contribution is -0.384. The Kier molecular flexibility index (Phi) is 4.19. The maximum atomic E-state index is 10.7. The van der Waals surface area contributed by atoms with Crippen LogP contribution >= 0.6 is 0 Å². The summed E-state index contributed by atoms with van der Waals surface area (Å²) in [5.74, 6) is 0. The maximum Gasteiger partial charge on any atom is 0.271 e.